The largest absolute Gasteiger partial charge is 0.457 e. The lowest BCUT2D eigenvalue weighted by molar-refractivity contribution is -0.162. The zero-order valence-electron chi connectivity index (χ0n) is 53.6. The molecule has 3 aromatic rings. The summed E-state index contributed by atoms with van der Waals surface area (Å²) in [5.74, 6) is -2.25. The number of Topliss-reactive ketones (excluding diaryl/α,β-unsaturated/α-hetero) is 1. The number of likely N-dealkylation sites (N-methyl/N-ethyl adjacent to an activating group) is 1. The van der Waals surface area contributed by atoms with Crippen LogP contribution in [0.3, 0.4) is 0 Å². The molecule has 8 atom stereocenters. The second-order valence-corrected chi connectivity index (χ2v) is 23.6. The van der Waals surface area contributed by atoms with E-state index in [1.165, 1.54) is 36.6 Å². The number of aryl methyl sites for hydroxylation is 2. The van der Waals surface area contributed by atoms with Crippen LogP contribution in [0.4, 0.5) is 10.5 Å². The maximum Gasteiger partial charge on any atom is 0.409 e. The first-order valence-electron chi connectivity index (χ1n) is 30.9. The molecule has 2 aromatic carbocycles. The SMILES string of the molecule is C.CCN(C)Cc1cc2ccccc2n1CCC(=O)CCC(=O)NCCOCCOCCOCCOCCOCCOCCC(=O)N(C)[C@@H](C)C(=O)O[C@H]1CC(=O)N(C)c2cc(cc(C)c2Cl)C/C(C)=C/C=C/[C@@H](OC)[C@]2(O)C[C@H](OC(=O)N2)[C@@H](C)C2O[C@]21C. The Morgan fingerprint density at radius 3 is 2.13 bits per heavy atom. The predicted octanol–water partition coefficient (Wildman–Crippen LogP) is 6.90. The fourth-order valence-electron chi connectivity index (χ4n) is 10.8. The van der Waals surface area contributed by atoms with Crippen LogP contribution in [0.25, 0.3) is 10.9 Å². The monoisotopic (exact) mass is 1280 g/mol. The summed E-state index contributed by atoms with van der Waals surface area (Å²) in [6.07, 6.45) is 1.55. The van der Waals surface area contributed by atoms with E-state index in [-0.39, 0.29) is 76.9 Å². The summed E-state index contributed by atoms with van der Waals surface area (Å²) in [4.78, 5) is 84.7. The quantitative estimate of drug-likeness (QED) is 0.0312. The number of epoxide rings is 1. The number of carbonyl (C=O) groups excluding carboxylic acids is 6. The molecule has 0 spiro atoms. The smallest absolute Gasteiger partial charge is 0.409 e. The van der Waals surface area contributed by atoms with Crippen LogP contribution in [0.1, 0.15) is 97.4 Å². The van der Waals surface area contributed by atoms with Gasteiger partial charge >= 0.3 is 12.1 Å². The van der Waals surface area contributed by atoms with Crippen molar-refractivity contribution in [1.29, 1.82) is 0 Å². The van der Waals surface area contributed by atoms with Crippen molar-refractivity contribution in [3.63, 3.8) is 0 Å². The van der Waals surface area contributed by atoms with Crippen LogP contribution >= 0.6 is 11.6 Å². The number of amides is 4. The summed E-state index contributed by atoms with van der Waals surface area (Å²) in [5.41, 5.74) is 2.25. The Balaban J connectivity index is 0.0000147. The fraction of sp³-hybridized carbons (Fsp3) is 0.636. The van der Waals surface area contributed by atoms with Crippen molar-refractivity contribution in [2.24, 2.45) is 5.92 Å². The average Bonchev–Trinajstić information content (AvgIpc) is 1.57. The number of methoxy groups -OCH3 is 1. The van der Waals surface area contributed by atoms with Crippen LogP contribution in [-0.4, -0.2) is 217 Å². The highest BCUT2D eigenvalue weighted by atomic mass is 35.5. The van der Waals surface area contributed by atoms with Crippen molar-refractivity contribution in [1.82, 2.24) is 25.0 Å². The molecule has 1 unspecified atom stereocenters. The van der Waals surface area contributed by atoms with Crippen molar-refractivity contribution in [2.75, 3.05) is 126 Å². The van der Waals surface area contributed by atoms with Crippen LogP contribution in [0.5, 0.6) is 0 Å². The molecule has 3 aliphatic rings. The van der Waals surface area contributed by atoms with Crippen molar-refractivity contribution < 1.29 is 81.2 Å². The van der Waals surface area contributed by atoms with Crippen LogP contribution in [0.15, 0.2) is 66.3 Å². The van der Waals surface area contributed by atoms with Gasteiger partial charge in [-0.3, -0.25) is 24.5 Å². The summed E-state index contributed by atoms with van der Waals surface area (Å²) in [7, 11) is 6.60. The van der Waals surface area contributed by atoms with Gasteiger partial charge in [0.25, 0.3) is 0 Å². The first kappa shape index (κ1) is 74.9. The lowest BCUT2D eigenvalue weighted by atomic mass is 9.83. The molecule has 3 aliphatic heterocycles. The average molecular weight is 1280 g/mol. The highest BCUT2D eigenvalue weighted by Crippen LogP contribution is 2.49. The predicted molar refractivity (Wildman–Crippen MR) is 341 cm³/mol. The zero-order valence-corrected chi connectivity index (χ0v) is 54.4. The highest BCUT2D eigenvalue weighted by molar-refractivity contribution is 6.34. The minimum atomic E-state index is -1.85. The Labute approximate surface area is 536 Å². The van der Waals surface area contributed by atoms with Gasteiger partial charge in [-0.15, -0.1) is 0 Å². The van der Waals surface area contributed by atoms with Gasteiger partial charge in [0.1, 0.15) is 35.7 Å². The molecule has 2 fully saturated rings. The van der Waals surface area contributed by atoms with Gasteiger partial charge in [0.2, 0.25) is 17.7 Å². The fourth-order valence-corrected chi connectivity index (χ4v) is 11.0. The van der Waals surface area contributed by atoms with Gasteiger partial charge in [0.05, 0.1) is 109 Å². The van der Waals surface area contributed by atoms with E-state index in [0.717, 1.165) is 40.7 Å². The van der Waals surface area contributed by atoms with Crippen LogP contribution in [-0.2, 0) is 90.9 Å². The van der Waals surface area contributed by atoms with Crippen LogP contribution < -0.4 is 15.5 Å². The number of carbonyl (C=O) groups is 6. The van der Waals surface area contributed by atoms with E-state index >= 15 is 0 Å². The molecule has 4 amide bonds. The molecule has 0 radical (unpaired) electrons. The van der Waals surface area contributed by atoms with E-state index in [2.05, 4.69) is 52.3 Å². The summed E-state index contributed by atoms with van der Waals surface area (Å²) >= 11 is 6.83. The number of rotatable bonds is 34. The number of hydrogen-bond acceptors (Lipinski definition) is 18. The number of benzene rings is 2. The Bertz CT molecular complexity index is 2890. The second kappa shape index (κ2) is 37.0. The van der Waals surface area contributed by atoms with Gasteiger partial charge in [-0.1, -0.05) is 80.9 Å². The Kier molecular flexibility index (Phi) is 30.8. The number of halogens is 1. The molecule has 3 N–H and O–H groups in total. The van der Waals surface area contributed by atoms with Crippen molar-refractivity contribution in [3.05, 3.63) is 88.1 Å². The number of ether oxygens (including phenoxy) is 10. The molecule has 4 heterocycles. The van der Waals surface area contributed by atoms with E-state index in [1.54, 1.807) is 33.0 Å². The standard InChI is InChI=1S/C65H95ClN6O17.CH4/c1-11-69(7)43-50-40-49-16-12-13-17-52(49)72(50)24-21-51(73)19-20-57(74)67-23-26-82-28-30-84-32-34-86-36-35-85-33-31-83-29-27-81-25-22-58(75)70(8)47(5)62(77)88-56-41-59(76)71(9)53-39-48(38-45(3)60(53)66)37-44(2)15-14-18-55(80-10)65(79)42-54(87-63(78)68-65)46(4)61-64(56,6)89-61;/h12-18,38-40,46-47,54-56,61,79H,11,19-37,41-43H2,1-10H3,(H,67,74)(H,68,78);1H4/b18-14+,44-15+;/t46-,47+,54+,55-,56+,61?,64+,65-;/m1./s1. The van der Waals surface area contributed by atoms with Crippen LogP contribution in [0, 0.1) is 12.8 Å². The van der Waals surface area contributed by atoms with Crippen LogP contribution in [0.2, 0.25) is 5.02 Å². The third-order valence-electron chi connectivity index (χ3n) is 16.5. The minimum absolute atomic E-state index is 0. The maximum absolute atomic E-state index is 14.3. The number of alkyl carbamates (subject to hydrolysis) is 1. The molecule has 502 valence electrons. The van der Waals surface area contributed by atoms with Crippen molar-refractivity contribution >= 4 is 63.8 Å². The Morgan fingerprint density at radius 2 is 1.50 bits per heavy atom. The van der Waals surface area contributed by atoms with E-state index in [9.17, 15) is 33.9 Å². The number of esters is 1. The summed E-state index contributed by atoms with van der Waals surface area (Å²) in [5, 5.41) is 18.7. The lowest BCUT2D eigenvalue weighted by Gasteiger charge is -2.42. The van der Waals surface area contributed by atoms with E-state index in [4.69, 9.17) is 59.0 Å². The molecule has 90 heavy (non-hydrogen) atoms. The molecule has 24 heteroatoms. The van der Waals surface area contributed by atoms with Gasteiger partial charge in [0, 0.05) is 83.7 Å². The summed E-state index contributed by atoms with van der Waals surface area (Å²) in [6, 6.07) is 13.1. The Morgan fingerprint density at radius 1 is 0.878 bits per heavy atom. The number of aliphatic hydroxyl groups is 1. The normalized spacial score (nSPS) is 23.2. The molecule has 0 aliphatic carbocycles. The molecular formula is C66H99ClN6O17. The van der Waals surface area contributed by atoms with Gasteiger partial charge in [-0.05, 0) is 82.4 Å². The van der Waals surface area contributed by atoms with E-state index < -0.39 is 65.7 Å². The number of allylic oxidation sites excluding steroid dienone is 3. The van der Waals surface area contributed by atoms with Gasteiger partial charge in [-0.2, -0.15) is 0 Å². The number of fused-ring (bicyclic) bond motifs is 6. The lowest BCUT2D eigenvalue weighted by Crippen LogP contribution is -2.63. The number of nitrogens with one attached hydrogen (secondary N) is 2. The summed E-state index contributed by atoms with van der Waals surface area (Å²) in [6.45, 7) is 17.4. The van der Waals surface area contributed by atoms with E-state index in [1.807, 2.05) is 44.2 Å². The Hall–Kier alpha value is -5.83. The first-order valence-corrected chi connectivity index (χ1v) is 31.2. The summed E-state index contributed by atoms with van der Waals surface area (Å²) < 4.78 is 59.5. The van der Waals surface area contributed by atoms with Gasteiger partial charge < -0.3 is 77.1 Å². The highest BCUT2D eigenvalue weighted by Gasteiger charge is 2.64. The maximum atomic E-state index is 14.3. The van der Waals surface area contributed by atoms with Crippen molar-refractivity contribution in [3.8, 4) is 0 Å². The zero-order chi connectivity index (χ0) is 64.7. The van der Waals surface area contributed by atoms with Crippen molar-refractivity contribution in [2.45, 2.75) is 149 Å². The van der Waals surface area contributed by atoms with Gasteiger partial charge in [0.15, 0.2) is 5.72 Å². The first-order chi connectivity index (χ1) is 42.6. The molecule has 1 aromatic heterocycles. The number of ketones is 1. The van der Waals surface area contributed by atoms with Gasteiger partial charge in [-0.25, -0.2) is 9.59 Å². The molecule has 0 saturated carbocycles. The number of para-hydroxylation sites is 1. The number of anilines is 1. The number of aromatic nitrogens is 1. The third-order valence-corrected chi connectivity index (χ3v) is 17.0. The molecule has 6 rings (SSSR count). The number of nitrogens with zero attached hydrogens (tertiary/aromatic N) is 4. The molecule has 23 nitrogen and oxygen atoms in total. The molecule has 4 bridgehead atoms. The number of hydrogen-bond donors (Lipinski definition) is 3. The van der Waals surface area contributed by atoms with E-state index in [0.29, 0.717) is 96.1 Å². The third kappa shape index (κ3) is 22.2. The molecule has 2 saturated heterocycles. The topological polar surface area (TPSA) is 257 Å². The second-order valence-electron chi connectivity index (χ2n) is 23.3. The molecular weight excluding hydrogens is 1180 g/mol. The minimum Gasteiger partial charge on any atom is -0.457 e.